The number of amides is 2. The number of carbonyl (C=O) groups is 2. The van der Waals surface area contributed by atoms with Crippen LogP contribution in [0, 0.1) is 22.1 Å². The standard InChI is InChI=1S/C43H54FN5O4S/c1-41(2,3)25-42(4,5)27-53-28-43(6,7)26-47-17-19-48(20-18-47)33-13-10-29(11-14-33)30-8-9-31-24-49(39(52)34(31)22-30)37(35-23-32(44)12-15-36(35)50)38(51)46-40-45-16-21-54-40/h8-16,21-23,37,50H,17-20,24-28H2,1-7H3,(H,45,46,51). The minimum atomic E-state index is -1.28. The van der Waals surface area contributed by atoms with Crippen molar-refractivity contribution in [2.45, 2.75) is 67.5 Å². The van der Waals surface area contributed by atoms with Gasteiger partial charge in [0, 0.05) is 73.1 Å². The summed E-state index contributed by atoms with van der Waals surface area (Å²) >= 11 is 1.22. The lowest BCUT2D eigenvalue weighted by Gasteiger charge is -2.40. The Kier molecular flexibility index (Phi) is 11.5. The molecule has 288 valence electrons. The van der Waals surface area contributed by atoms with Gasteiger partial charge in [0.05, 0.1) is 13.2 Å². The summed E-state index contributed by atoms with van der Waals surface area (Å²) in [5.41, 5.74) is 4.73. The van der Waals surface area contributed by atoms with Gasteiger partial charge in [-0.3, -0.25) is 19.8 Å². The Morgan fingerprint density at radius 3 is 2.28 bits per heavy atom. The summed E-state index contributed by atoms with van der Waals surface area (Å²) in [4.78, 5) is 38.0. The number of benzene rings is 3. The Balaban J connectivity index is 1.07. The molecule has 1 fully saturated rings. The van der Waals surface area contributed by atoms with Gasteiger partial charge in [0.2, 0.25) is 0 Å². The van der Waals surface area contributed by atoms with Crippen LogP contribution in [-0.4, -0.2) is 77.6 Å². The van der Waals surface area contributed by atoms with E-state index in [1.54, 1.807) is 11.6 Å². The molecule has 3 aromatic carbocycles. The molecule has 1 unspecified atom stereocenters. The lowest BCUT2D eigenvalue weighted by Crippen LogP contribution is -2.49. The number of hydrogen-bond donors (Lipinski definition) is 2. The smallest absolute Gasteiger partial charge is 0.255 e. The Hall–Kier alpha value is -4.32. The second-order valence-electron chi connectivity index (χ2n) is 17.6. The van der Waals surface area contributed by atoms with Gasteiger partial charge in [-0.05, 0) is 70.3 Å². The van der Waals surface area contributed by atoms with E-state index in [9.17, 15) is 19.1 Å². The molecule has 1 aromatic heterocycles. The van der Waals surface area contributed by atoms with E-state index in [1.807, 2.05) is 18.2 Å². The lowest BCUT2D eigenvalue weighted by atomic mass is 9.77. The third-order valence-electron chi connectivity index (χ3n) is 10.0. The Labute approximate surface area is 323 Å². The van der Waals surface area contributed by atoms with Crippen LogP contribution in [0.15, 0.2) is 72.2 Å². The van der Waals surface area contributed by atoms with Crippen molar-refractivity contribution in [1.29, 1.82) is 0 Å². The summed E-state index contributed by atoms with van der Waals surface area (Å²) in [7, 11) is 0. The second kappa shape index (κ2) is 15.8. The van der Waals surface area contributed by atoms with E-state index in [0.29, 0.717) is 10.7 Å². The van der Waals surface area contributed by atoms with Crippen LogP contribution in [0.5, 0.6) is 5.75 Å². The Morgan fingerprint density at radius 1 is 0.926 bits per heavy atom. The highest BCUT2D eigenvalue weighted by Crippen LogP contribution is 2.38. The van der Waals surface area contributed by atoms with Crippen LogP contribution in [0.2, 0.25) is 0 Å². The fourth-order valence-corrected chi connectivity index (χ4v) is 8.67. The number of nitrogens with one attached hydrogen (secondary N) is 1. The van der Waals surface area contributed by atoms with E-state index in [2.05, 4.69) is 92.8 Å². The number of anilines is 2. The van der Waals surface area contributed by atoms with Crippen molar-refractivity contribution in [1.82, 2.24) is 14.8 Å². The number of piperazine rings is 1. The van der Waals surface area contributed by atoms with Crippen LogP contribution in [-0.2, 0) is 16.1 Å². The average Bonchev–Trinajstić information content (AvgIpc) is 3.72. The summed E-state index contributed by atoms with van der Waals surface area (Å²) in [6, 6.07) is 16.3. The maximum atomic E-state index is 14.4. The molecule has 11 heteroatoms. The molecule has 3 heterocycles. The molecule has 4 aromatic rings. The molecule has 54 heavy (non-hydrogen) atoms. The zero-order chi connectivity index (χ0) is 38.8. The first-order valence-corrected chi connectivity index (χ1v) is 19.6. The molecular formula is C43H54FN5O4S. The Morgan fingerprint density at radius 2 is 1.61 bits per heavy atom. The summed E-state index contributed by atoms with van der Waals surface area (Å²) < 4.78 is 20.7. The predicted octanol–water partition coefficient (Wildman–Crippen LogP) is 8.62. The summed E-state index contributed by atoms with van der Waals surface area (Å²) in [5, 5.41) is 15.5. The maximum absolute atomic E-state index is 14.4. The highest BCUT2D eigenvalue weighted by Gasteiger charge is 2.39. The largest absolute Gasteiger partial charge is 0.508 e. The highest BCUT2D eigenvalue weighted by molar-refractivity contribution is 7.13. The van der Waals surface area contributed by atoms with Gasteiger partial charge in [-0.25, -0.2) is 9.37 Å². The molecule has 6 rings (SSSR count). The quantitative estimate of drug-likeness (QED) is 0.141. The fraction of sp³-hybridized carbons (Fsp3) is 0.465. The number of aromatic nitrogens is 1. The number of rotatable bonds is 13. The molecule has 0 bridgehead atoms. The van der Waals surface area contributed by atoms with Crippen LogP contribution in [0.1, 0.15) is 82.4 Å². The molecule has 1 saturated heterocycles. The second-order valence-corrected chi connectivity index (χ2v) is 18.5. The monoisotopic (exact) mass is 755 g/mol. The molecule has 2 aliphatic heterocycles. The molecule has 2 N–H and O–H groups in total. The molecule has 2 aliphatic rings. The van der Waals surface area contributed by atoms with Crippen LogP contribution < -0.4 is 10.2 Å². The number of nitrogens with zero attached hydrogens (tertiary/aromatic N) is 4. The van der Waals surface area contributed by atoms with Gasteiger partial charge in [0.15, 0.2) is 5.13 Å². The van der Waals surface area contributed by atoms with Gasteiger partial charge in [0.25, 0.3) is 11.8 Å². The Bertz CT molecular complexity index is 1930. The van der Waals surface area contributed by atoms with Crippen LogP contribution in [0.3, 0.4) is 0 Å². The van der Waals surface area contributed by atoms with E-state index < -0.39 is 17.8 Å². The normalized spacial score (nSPS) is 16.1. The number of halogens is 1. The molecule has 0 aliphatic carbocycles. The SMILES string of the molecule is CC(C)(C)CC(C)(C)COCC(C)(C)CN1CCN(c2ccc(-c3ccc4c(c3)C(=O)N(C(C(=O)Nc3nccs3)c3cc(F)ccc3O)C4)cc2)CC1. The van der Waals surface area contributed by atoms with Crippen LogP contribution in [0.4, 0.5) is 15.2 Å². The first-order valence-electron chi connectivity index (χ1n) is 18.8. The number of phenols is 1. The van der Waals surface area contributed by atoms with Gasteiger partial charge in [0.1, 0.15) is 17.6 Å². The molecule has 9 nitrogen and oxygen atoms in total. The lowest BCUT2D eigenvalue weighted by molar-refractivity contribution is -0.120. The van der Waals surface area contributed by atoms with Gasteiger partial charge in [-0.1, -0.05) is 72.7 Å². The van der Waals surface area contributed by atoms with E-state index in [4.69, 9.17) is 4.74 Å². The highest BCUT2D eigenvalue weighted by atomic mass is 32.1. The number of phenolic OH excluding ortho intramolecular Hbond substituents is 1. The molecule has 0 radical (unpaired) electrons. The molecule has 0 saturated carbocycles. The maximum Gasteiger partial charge on any atom is 0.255 e. The van der Waals surface area contributed by atoms with Crippen LogP contribution >= 0.6 is 11.3 Å². The molecule has 2 amide bonds. The summed E-state index contributed by atoms with van der Waals surface area (Å²) in [6.45, 7) is 22.6. The average molecular weight is 756 g/mol. The number of hydrogen-bond acceptors (Lipinski definition) is 8. The van der Waals surface area contributed by atoms with E-state index in [-0.39, 0.29) is 40.0 Å². The number of aromatic hydroxyl groups is 1. The number of fused-ring (bicyclic) bond motifs is 1. The van der Waals surface area contributed by atoms with Gasteiger partial charge in [-0.15, -0.1) is 11.3 Å². The predicted molar refractivity (Wildman–Crippen MR) is 214 cm³/mol. The van der Waals surface area contributed by atoms with Gasteiger partial charge in [-0.2, -0.15) is 0 Å². The first kappa shape index (κ1) is 39.4. The van der Waals surface area contributed by atoms with E-state index in [1.165, 1.54) is 22.3 Å². The number of carbonyl (C=O) groups excluding carboxylic acids is 2. The molecule has 0 spiro atoms. The summed E-state index contributed by atoms with van der Waals surface area (Å²) in [6.07, 6.45) is 2.67. The third-order valence-corrected chi connectivity index (χ3v) is 10.7. The van der Waals surface area contributed by atoms with Crippen molar-refractivity contribution >= 4 is 34.0 Å². The van der Waals surface area contributed by atoms with Crippen molar-refractivity contribution in [3.63, 3.8) is 0 Å². The number of thiazole rings is 1. The first-order chi connectivity index (χ1) is 25.5. The van der Waals surface area contributed by atoms with Crippen molar-refractivity contribution < 1.29 is 23.8 Å². The molecule has 1 atom stereocenters. The van der Waals surface area contributed by atoms with Crippen molar-refractivity contribution in [3.05, 3.63) is 94.7 Å². The fourth-order valence-electron chi connectivity index (χ4n) is 8.14. The van der Waals surface area contributed by atoms with Gasteiger partial charge >= 0.3 is 0 Å². The van der Waals surface area contributed by atoms with Crippen molar-refractivity contribution in [2.24, 2.45) is 16.2 Å². The van der Waals surface area contributed by atoms with Gasteiger partial charge < -0.3 is 19.6 Å². The van der Waals surface area contributed by atoms with Crippen molar-refractivity contribution in [2.75, 3.05) is 56.2 Å². The minimum Gasteiger partial charge on any atom is -0.508 e. The number of ether oxygens (including phenoxy) is 1. The van der Waals surface area contributed by atoms with Crippen molar-refractivity contribution in [3.8, 4) is 16.9 Å². The molecular weight excluding hydrogens is 702 g/mol. The van der Waals surface area contributed by atoms with Crippen LogP contribution in [0.25, 0.3) is 11.1 Å². The third kappa shape index (κ3) is 9.67. The minimum absolute atomic E-state index is 0.00535. The topological polar surface area (TPSA) is 98.2 Å². The van der Waals surface area contributed by atoms with E-state index >= 15 is 0 Å². The zero-order valence-electron chi connectivity index (χ0n) is 32.6. The summed E-state index contributed by atoms with van der Waals surface area (Å²) in [5.74, 6) is -1.86. The van der Waals surface area contributed by atoms with E-state index in [0.717, 1.165) is 86.9 Å². The zero-order valence-corrected chi connectivity index (χ0v) is 33.4.